The predicted molar refractivity (Wildman–Crippen MR) is 146 cm³/mol. The quantitative estimate of drug-likeness (QED) is 0.151. The van der Waals surface area contributed by atoms with Gasteiger partial charge in [-0.25, -0.2) is 0 Å². The zero-order valence-electron chi connectivity index (χ0n) is 22.3. The van der Waals surface area contributed by atoms with E-state index in [1.54, 1.807) is 0 Å². The lowest BCUT2D eigenvalue weighted by molar-refractivity contribution is 0.109. The number of allylic oxidation sites excluding steroid dienone is 5. The molecule has 2 aliphatic carbocycles. The van der Waals surface area contributed by atoms with Crippen molar-refractivity contribution in [3.8, 4) is 0 Å². The van der Waals surface area contributed by atoms with Gasteiger partial charge in [0, 0.05) is 12.5 Å². The first-order chi connectivity index (χ1) is 16.9. The molecule has 0 aromatic heterocycles. The molecule has 0 saturated heterocycles. The predicted octanol–water partition coefficient (Wildman–Crippen LogP) is 8.31. The first-order valence-electron chi connectivity index (χ1n) is 14.0. The van der Waals surface area contributed by atoms with Crippen molar-refractivity contribution < 1.29 is 14.9 Å². The van der Waals surface area contributed by atoms with E-state index < -0.39 is 6.10 Å². The SMILES string of the molecule is CC(C)=CCC[C@@H](C)CCC=C(O)[C@@H]1[C@@H]2CC(CCCCCOCc3ccccc3)=C[C@@H]2C[C@H]1O. The summed E-state index contributed by atoms with van der Waals surface area (Å²) in [7, 11) is 0. The fourth-order valence-electron chi connectivity index (χ4n) is 5.85. The van der Waals surface area contributed by atoms with E-state index in [0.29, 0.717) is 30.1 Å². The van der Waals surface area contributed by atoms with Crippen molar-refractivity contribution >= 4 is 0 Å². The molecule has 1 fully saturated rings. The minimum Gasteiger partial charge on any atom is -0.512 e. The van der Waals surface area contributed by atoms with E-state index in [4.69, 9.17) is 4.74 Å². The third-order valence-corrected chi connectivity index (χ3v) is 7.85. The Balaban J connectivity index is 1.32. The molecule has 0 unspecified atom stereocenters. The first-order valence-corrected chi connectivity index (χ1v) is 14.0. The van der Waals surface area contributed by atoms with Gasteiger partial charge in [0.05, 0.1) is 18.5 Å². The molecule has 0 radical (unpaired) electrons. The Bertz CT molecular complexity index is 834. The summed E-state index contributed by atoms with van der Waals surface area (Å²) in [5, 5.41) is 21.5. The Hall–Kier alpha value is -1.84. The molecule has 1 aromatic carbocycles. The van der Waals surface area contributed by atoms with E-state index in [1.165, 1.54) is 36.0 Å². The Kier molecular flexibility index (Phi) is 11.6. The molecule has 0 bridgehead atoms. The minimum absolute atomic E-state index is 0.0823. The van der Waals surface area contributed by atoms with Crippen LogP contribution in [0, 0.1) is 23.7 Å². The zero-order valence-corrected chi connectivity index (χ0v) is 22.3. The molecule has 1 saturated carbocycles. The molecular weight excluding hydrogens is 432 g/mol. The van der Waals surface area contributed by atoms with Crippen molar-refractivity contribution in [2.45, 2.75) is 97.7 Å². The fraction of sp³-hybridized carbons (Fsp3) is 0.625. The normalized spacial score (nSPS) is 24.8. The van der Waals surface area contributed by atoms with Gasteiger partial charge in [0.2, 0.25) is 0 Å². The average molecular weight is 481 g/mol. The molecule has 3 heteroatoms. The summed E-state index contributed by atoms with van der Waals surface area (Å²) in [6.45, 7) is 8.12. The Labute approximate surface area is 214 Å². The summed E-state index contributed by atoms with van der Waals surface area (Å²) < 4.78 is 5.80. The second kappa shape index (κ2) is 14.7. The standard InChI is InChI=1S/C32H48O3/c1-24(2)12-10-13-25(3)14-11-18-30(33)32-29-21-27(20-28(29)22-31(32)34)17-8-5-9-19-35-23-26-15-6-4-7-16-26/h4,6-7,12,15-16,18,20,25,28-29,31-34H,5,8-11,13-14,17,19,21-23H2,1-3H3/t25-,28-,29-,31-,32+/m1/s1. The molecule has 0 amide bonds. The molecule has 35 heavy (non-hydrogen) atoms. The van der Waals surface area contributed by atoms with E-state index in [9.17, 15) is 10.2 Å². The summed E-state index contributed by atoms with van der Waals surface area (Å²) in [5.41, 5.74) is 4.15. The topological polar surface area (TPSA) is 49.7 Å². The largest absolute Gasteiger partial charge is 0.512 e. The van der Waals surface area contributed by atoms with Crippen molar-refractivity contribution in [1.82, 2.24) is 0 Å². The van der Waals surface area contributed by atoms with Crippen LogP contribution in [0.1, 0.15) is 90.5 Å². The summed E-state index contributed by atoms with van der Waals surface area (Å²) in [6, 6.07) is 10.3. The monoisotopic (exact) mass is 480 g/mol. The fourth-order valence-corrected chi connectivity index (χ4v) is 5.85. The van der Waals surface area contributed by atoms with Crippen LogP contribution in [0.2, 0.25) is 0 Å². The van der Waals surface area contributed by atoms with Gasteiger partial charge in [0.15, 0.2) is 0 Å². The van der Waals surface area contributed by atoms with E-state index >= 15 is 0 Å². The lowest BCUT2D eigenvalue weighted by atomic mass is 9.87. The van der Waals surface area contributed by atoms with Crippen LogP contribution in [0.5, 0.6) is 0 Å². The molecule has 194 valence electrons. The zero-order chi connectivity index (χ0) is 25.0. The lowest BCUT2D eigenvalue weighted by Gasteiger charge is -2.21. The lowest BCUT2D eigenvalue weighted by Crippen LogP contribution is -2.21. The van der Waals surface area contributed by atoms with Gasteiger partial charge in [-0.3, -0.25) is 0 Å². The number of unbranched alkanes of at least 4 members (excludes halogenated alkanes) is 2. The summed E-state index contributed by atoms with van der Waals surface area (Å²) in [4.78, 5) is 0. The number of aliphatic hydroxyl groups is 2. The Morgan fingerprint density at radius 2 is 1.80 bits per heavy atom. The third kappa shape index (κ3) is 9.28. The number of benzene rings is 1. The number of fused-ring (bicyclic) bond motifs is 1. The van der Waals surface area contributed by atoms with Crippen molar-refractivity contribution in [2.24, 2.45) is 23.7 Å². The van der Waals surface area contributed by atoms with Crippen LogP contribution >= 0.6 is 0 Å². The van der Waals surface area contributed by atoms with Crippen LogP contribution in [0.25, 0.3) is 0 Å². The van der Waals surface area contributed by atoms with Crippen LogP contribution < -0.4 is 0 Å². The number of hydrogen-bond donors (Lipinski definition) is 2. The molecule has 1 aromatic rings. The maximum absolute atomic E-state index is 10.8. The van der Waals surface area contributed by atoms with E-state index in [0.717, 1.165) is 51.6 Å². The minimum atomic E-state index is -0.407. The molecule has 0 spiro atoms. The second-order valence-electron chi connectivity index (χ2n) is 11.2. The molecule has 2 aliphatic rings. The van der Waals surface area contributed by atoms with Gasteiger partial charge in [-0.15, -0.1) is 0 Å². The molecule has 3 rings (SSSR count). The van der Waals surface area contributed by atoms with Crippen LogP contribution in [-0.2, 0) is 11.3 Å². The van der Waals surface area contributed by atoms with Gasteiger partial charge in [0.25, 0.3) is 0 Å². The van der Waals surface area contributed by atoms with Gasteiger partial charge in [0.1, 0.15) is 0 Å². The van der Waals surface area contributed by atoms with E-state index in [1.807, 2.05) is 12.1 Å². The average Bonchev–Trinajstić information content (AvgIpc) is 3.34. The molecule has 0 heterocycles. The van der Waals surface area contributed by atoms with Crippen LogP contribution in [0.4, 0.5) is 0 Å². The highest BCUT2D eigenvalue weighted by Crippen LogP contribution is 2.49. The first kappa shape index (κ1) is 27.7. The molecule has 2 N–H and O–H groups in total. The third-order valence-electron chi connectivity index (χ3n) is 7.85. The van der Waals surface area contributed by atoms with Crippen molar-refractivity contribution in [3.63, 3.8) is 0 Å². The van der Waals surface area contributed by atoms with Gasteiger partial charge in [-0.05, 0) is 101 Å². The molecule has 3 nitrogen and oxygen atoms in total. The smallest absolute Gasteiger partial charge is 0.0942 e. The molecule has 5 atom stereocenters. The van der Waals surface area contributed by atoms with Crippen LogP contribution in [-0.4, -0.2) is 22.9 Å². The van der Waals surface area contributed by atoms with Crippen molar-refractivity contribution in [2.75, 3.05) is 6.61 Å². The molecule has 0 aliphatic heterocycles. The van der Waals surface area contributed by atoms with Crippen molar-refractivity contribution in [1.29, 1.82) is 0 Å². The second-order valence-corrected chi connectivity index (χ2v) is 11.2. The van der Waals surface area contributed by atoms with Gasteiger partial charge < -0.3 is 14.9 Å². The maximum Gasteiger partial charge on any atom is 0.0942 e. The maximum atomic E-state index is 10.8. The van der Waals surface area contributed by atoms with Gasteiger partial charge >= 0.3 is 0 Å². The van der Waals surface area contributed by atoms with Crippen LogP contribution in [0.15, 0.2) is 65.5 Å². The summed E-state index contributed by atoms with van der Waals surface area (Å²) >= 11 is 0. The highest BCUT2D eigenvalue weighted by atomic mass is 16.5. The highest BCUT2D eigenvalue weighted by molar-refractivity contribution is 5.22. The number of rotatable bonds is 15. The Morgan fingerprint density at radius 1 is 1.06 bits per heavy atom. The molecular formula is C32H48O3. The summed E-state index contributed by atoms with van der Waals surface area (Å²) in [5.74, 6) is 1.81. The van der Waals surface area contributed by atoms with Crippen LogP contribution in [0.3, 0.4) is 0 Å². The van der Waals surface area contributed by atoms with Crippen molar-refractivity contribution in [3.05, 3.63) is 71.0 Å². The van der Waals surface area contributed by atoms with Gasteiger partial charge in [-0.2, -0.15) is 0 Å². The highest BCUT2D eigenvalue weighted by Gasteiger charge is 2.46. The number of ether oxygens (including phenoxy) is 1. The van der Waals surface area contributed by atoms with Gasteiger partial charge in [-0.1, -0.05) is 67.0 Å². The summed E-state index contributed by atoms with van der Waals surface area (Å²) in [6.07, 6.45) is 17.1. The van der Waals surface area contributed by atoms with E-state index in [2.05, 4.69) is 57.2 Å². The van der Waals surface area contributed by atoms with E-state index in [-0.39, 0.29) is 5.92 Å². The number of hydrogen-bond acceptors (Lipinski definition) is 3. The Morgan fingerprint density at radius 3 is 2.54 bits per heavy atom. The number of aliphatic hydroxyl groups excluding tert-OH is 2.